The van der Waals surface area contributed by atoms with Gasteiger partial charge in [0.05, 0.1) is 5.56 Å². The summed E-state index contributed by atoms with van der Waals surface area (Å²) in [5, 5.41) is 0. The molecule has 0 radical (unpaired) electrons. The van der Waals surface area contributed by atoms with E-state index in [0.717, 1.165) is 18.2 Å². The van der Waals surface area contributed by atoms with Gasteiger partial charge in [-0.2, -0.15) is 13.2 Å². The molecule has 0 atom stereocenters. The van der Waals surface area contributed by atoms with E-state index in [1.54, 1.807) is 19.9 Å². The fourth-order valence-electron chi connectivity index (χ4n) is 1.79. The molecule has 0 unspecified atom stereocenters. The SMILES string of the molecule is C=C(/C=C\C(=C/C)c1cc(C(F)(F)F)ccc1C)C(C)(F)F. The highest BCUT2D eigenvalue weighted by Crippen LogP contribution is 2.33. The Labute approximate surface area is 126 Å². The Morgan fingerprint density at radius 1 is 1.09 bits per heavy atom. The first-order chi connectivity index (χ1) is 9.96. The first-order valence-electron chi connectivity index (χ1n) is 6.56. The topological polar surface area (TPSA) is 0 Å². The zero-order valence-electron chi connectivity index (χ0n) is 12.6. The molecule has 0 saturated carbocycles. The number of halogens is 5. The number of benzene rings is 1. The molecule has 0 aliphatic heterocycles. The van der Waals surface area contributed by atoms with Gasteiger partial charge in [-0.3, -0.25) is 0 Å². The van der Waals surface area contributed by atoms with Crippen LogP contribution in [0.25, 0.3) is 5.57 Å². The van der Waals surface area contributed by atoms with E-state index in [9.17, 15) is 22.0 Å². The normalized spacial score (nSPS) is 13.7. The van der Waals surface area contributed by atoms with Gasteiger partial charge in [0.25, 0.3) is 5.92 Å². The van der Waals surface area contributed by atoms with Gasteiger partial charge >= 0.3 is 6.18 Å². The molecule has 0 bridgehead atoms. The summed E-state index contributed by atoms with van der Waals surface area (Å²) >= 11 is 0. The van der Waals surface area contributed by atoms with Crippen molar-refractivity contribution in [3.8, 4) is 0 Å². The van der Waals surface area contributed by atoms with Crippen LogP contribution in [0.1, 0.15) is 30.5 Å². The van der Waals surface area contributed by atoms with Gasteiger partial charge in [-0.25, -0.2) is 8.78 Å². The van der Waals surface area contributed by atoms with Gasteiger partial charge in [-0.05, 0) is 42.7 Å². The molecule has 5 heteroatoms. The highest BCUT2D eigenvalue weighted by molar-refractivity contribution is 5.76. The number of alkyl halides is 5. The molecule has 0 fully saturated rings. The molecule has 1 aromatic rings. The van der Waals surface area contributed by atoms with Crippen LogP contribution in [0, 0.1) is 6.92 Å². The third kappa shape index (κ3) is 4.55. The summed E-state index contributed by atoms with van der Waals surface area (Å²) in [5.74, 6) is -3.07. The first-order valence-corrected chi connectivity index (χ1v) is 6.56. The fourth-order valence-corrected chi connectivity index (χ4v) is 1.79. The summed E-state index contributed by atoms with van der Waals surface area (Å²) in [4.78, 5) is 0. The van der Waals surface area contributed by atoms with Crippen molar-refractivity contribution < 1.29 is 22.0 Å². The molecule has 0 heterocycles. The Morgan fingerprint density at radius 3 is 2.14 bits per heavy atom. The van der Waals surface area contributed by atoms with E-state index in [2.05, 4.69) is 6.58 Å². The zero-order valence-corrected chi connectivity index (χ0v) is 12.6. The maximum Gasteiger partial charge on any atom is 0.416 e. The van der Waals surface area contributed by atoms with Crippen molar-refractivity contribution in [3.05, 3.63) is 65.3 Å². The number of rotatable bonds is 4. The Morgan fingerprint density at radius 2 is 1.68 bits per heavy atom. The molecule has 0 nitrogen and oxygen atoms in total. The van der Waals surface area contributed by atoms with E-state index in [-0.39, 0.29) is 0 Å². The van der Waals surface area contributed by atoms with Gasteiger partial charge in [-0.15, -0.1) is 0 Å². The molecule has 0 spiro atoms. The van der Waals surface area contributed by atoms with Crippen molar-refractivity contribution >= 4 is 5.57 Å². The molecule has 1 rings (SSSR count). The Kier molecular flexibility index (Phi) is 5.33. The second-order valence-corrected chi connectivity index (χ2v) is 5.02. The Hall–Kier alpha value is -1.91. The van der Waals surface area contributed by atoms with E-state index in [1.807, 2.05) is 0 Å². The van der Waals surface area contributed by atoms with Crippen LogP contribution in [0.4, 0.5) is 22.0 Å². The van der Waals surface area contributed by atoms with Crippen LogP contribution in [-0.2, 0) is 6.18 Å². The molecule has 120 valence electrons. The zero-order chi connectivity index (χ0) is 17.1. The van der Waals surface area contributed by atoms with Crippen LogP contribution in [0.3, 0.4) is 0 Å². The van der Waals surface area contributed by atoms with Gasteiger partial charge in [0, 0.05) is 12.5 Å². The number of hydrogen-bond acceptors (Lipinski definition) is 0. The summed E-state index contributed by atoms with van der Waals surface area (Å²) in [6.07, 6.45) is -0.414. The number of allylic oxidation sites excluding steroid dienone is 5. The van der Waals surface area contributed by atoms with Crippen LogP contribution in [-0.4, -0.2) is 5.92 Å². The summed E-state index contributed by atoms with van der Waals surface area (Å²) in [6, 6.07) is 3.37. The fraction of sp³-hybridized carbons (Fsp3) is 0.294. The van der Waals surface area contributed by atoms with E-state index in [1.165, 1.54) is 12.1 Å². The molecule has 0 amide bonds. The predicted octanol–water partition coefficient (Wildman–Crippen LogP) is 6.18. The van der Waals surface area contributed by atoms with Crippen LogP contribution < -0.4 is 0 Å². The maximum atomic E-state index is 13.1. The van der Waals surface area contributed by atoms with Crippen molar-refractivity contribution in [1.82, 2.24) is 0 Å². The van der Waals surface area contributed by atoms with Gasteiger partial charge < -0.3 is 0 Å². The number of hydrogen-bond donors (Lipinski definition) is 0. The standard InChI is InChI=1S/C17H17F5/c1-5-13(8-7-12(3)16(4,18)19)15-10-14(17(20,21)22)9-6-11(15)2/h5-10H,3H2,1-2,4H3/b8-7-,13-5+. The van der Waals surface area contributed by atoms with Gasteiger partial charge in [0.15, 0.2) is 0 Å². The lowest BCUT2D eigenvalue weighted by molar-refractivity contribution is -0.137. The summed E-state index contributed by atoms with van der Waals surface area (Å²) in [7, 11) is 0. The second-order valence-electron chi connectivity index (χ2n) is 5.02. The quantitative estimate of drug-likeness (QED) is 0.459. The molecular formula is C17H17F5. The molecular weight excluding hydrogens is 299 g/mol. The van der Waals surface area contributed by atoms with Crippen LogP contribution in [0.2, 0.25) is 0 Å². The third-order valence-corrected chi connectivity index (χ3v) is 3.21. The monoisotopic (exact) mass is 316 g/mol. The van der Waals surface area contributed by atoms with Gasteiger partial charge in [-0.1, -0.05) is 30.9 Å². The molecule has 0 N–H and O–H groups in total. The summed E-state index contributed by atoms with van der Waals surface area (Å²) in [5.41, 5.74) is 0.214. The Bertz CT molecular complexity index is 613. The largest absolute Gasteiger partial charge is 0.416 e. The average molecular weight is 316 g/mol. The average Bonchev–Trinajstić information content (AvgIpc) is 2.38. The lowest BCUT2D eigenvalue weighted by Gasteiger charge is -2.13. The van der Waals surface area contributed by atoms with Crippen molar-refractivity contribution in [2.45, 2.75) is 32.9 Å². The molecule has 0 saturated heterocycles. The van der Waals surface area contributed by atoms with E-state index >= 15 is 0 Å². The minimum Gasteiger partial charge on any atom is -0.202 e. The van der Waals surface area contributed by atoms with Crippen molar-refractivity contribution in [3.63, 3.8) is 0 Å². The van der Waals surface area contributed by atoms with Crippen molar-refractivity contribution in [2.24, 2.45) is 0 Å². The molecule has 0 aromatic heterocycles. The minimum absolute atomic E-state index is 0.348. The van der Waals surface area contributed by atoms with E-state index in [4.69, 9.17) is 0 Å². The van der Waals surface area contributed by atoms with Crippen LogP contribution >= 0.6 is 0 Å². The van der Waals surface area contributed by atoms with Crippen LogP contribution in [0.5, 0.6) is 0 Å². The third-order valence-electron chi connectivity index (χ3n) is 3.21. The molecule has 1 aromatic carbocycles. The van der Waals surface area contributed by atoms with Crippen molar-refractivity contribution in [1.29, 1.82) is 0 Å². The minimum atomic E-state index is -4.45. The lowest BCUT2D eigenvalue weighted by Crippen LogP contribution is -2.10. The first kappa shape index (κ1) is 18.1. The van der Waals surface area contributed by atoms with E-state index < -0.39 is 23.2 Å². The highest BCUT2D eigenvalue weighted by atomic mass is 19.4. The summed E-state index contributed by atoms with van der Waals surface area (Å²) < 4.78 is 64.5. The lowest BCUT2D eigenvalue weighted by atomic mass is 9.96. The van der Waals surface area contributed by atoms with E-state index in [0.29, 0.717) is 23.6 Å². The highest BCUT2D eigenvalue weighted by Gasteiger charge is 2.31. The van der Waals surface area contributed by atoms with Crippen molar-refractivity contribution in [2.75, 3.05) is 0 Å². The van der Waals surface area contributed by atoms with Crippen LogP contribution in [0.15, 0.2) is 48.6 Å². The number of aryl methyl sites for hydroxylation is 1. The molecule has 22 heavy (non-hydrogen) atoms. The molecule has 0 aliphatic carbocycles. The van der Waals surface area contributed by atoms with Gasteiger partial charge in [0.2, 0.25) is 0 Å². The predicted molar refractivity (Wildman–Crippen MR) is 78.7 cm³/mol. The Balaban J connectivity index is 3.22. The van der Waals surface area contributed by atoms with Gasteiger partial charge in [0.1, 0.15) is 0 Å². The maximum absolute atomic E-state index is 13.1. The molecule has 0 aliphatic rings. The summed E-state index contributed by atoms with van der Waals surface area (Å²) in [6.45, 7) is 7.27. The second kappa shape index (κ2) is 6.46. The smallest absolute Gasteiger partial charge is 0.202 e.